The number of benzene rings is 1. The van der Waals surface area contributed by atoms with Crippen molar-refractivity contribution >= 4 is 17.3 Å². The van der Waals surface area contributed by atoms with Crippen molar-refractivity contribution in [2.45, 2.75) is 6.54 Å². The van der Waals surface area contributed by atoms with Crippen molar-refractivity contribution in [2.24, 2.45) is 12.8 Å². The van der Waals surface area contributed by atoms with Crippen LogP contribution in [0.25, 0.3) is 0 Å². The van der Waals surface area contributed by atoms with Crippen LogP contribution in [0.15, 0.2) is 24.5 Å². The second-order valence-electron chi connectivity index (χ2n) is 4.06. The summed E-state index contributed by atoms with van der Waals surface area (Å²) in [5.74, 6) is -0.0506. The molecular weight excluding hydrogens is 264 g/mol. The van der Waals surface area contributed by atoms with Gasteiger partial charge in [-0.2, -0.15) is 0 Å². The van der Waals surface area contributed by atoms with Gasteiger partial charge in [-0.25, -0.2) is 0 Å². The Hall–Kier alpha value is -2.97. The van der Waals surface area contributed by atoms with Gasteiger partial charge in [-0.15, -0.1) is 10.2 Å². The van der Waals surface area contributed by atoms with Crippen LogP contribution in [0.1, 0.15) is 16.2 Å². The van der Waals surface area contributed by atoms with Crippen molar-refractivity contribution in [1.82, 2.24) is 14.8 Å². The first-order chi connectivity index (χ1) is 9.49. The van der Waals surface area contributed by atoms with Crippen LogP contribution in [-0.4, -0.2) is 25.6 Å². The molecule has 0 radical (unpaired) electrons. The molecule has 104 valence electrons. The summed E-state index contributed by atoms with van der Waals surface area (Å²) in [7, 11) is 1.76. The number of amides is 1. The average molecular weight is 276 g/mol. The zero-order chi connectivity index (χ0) is 14.7. The fourth-order valence-corrected chi connectivity index (χ4v) is 1.63. The molecule has 9 nitrogen and oxygen atoms in total. The van der Waals surface area contributed by atoms with Crippen LogP contribution < -0.4 is 11.1 Å². The van der Waals surface area contributed by atoms with Crippen molar-refractivity contribution in [3.63, 3.8) is 0 Å². The molecule has 0 aliphatic heterocycles. The summed E-state index contributed by atoms with van der Waals surface area (Å²) in [6, 6.07) is 3.89. The average Bonchev–Trinajstić information content (AvgIpc) is 2.81. The molecular formula is C11H12N6O3. The van der Waals surface area contributed by atoms with Gasteiger partial charge in [-0.3, -0.25) is 14.9 Å². The largest absolute Gasteiger partial charge is 0.372 e. The quantitative estimate of drug-likeness (QED) is 0.602. The summed E-state index contributed by atoms with van der Waals surface area (Å²) < 4.78 is 1.68. The van der Waals surface area contributed by atoms with E-state index in [9.17, 15) is 14.9 Å². The number of nitro groups is 1. The predicted octanol–water partition coefficient (Wildman–Crippen LogP) is 0.434. The highest BCUT2D eigenvalue weighted by Crippen LogP contribution is 2.25. The molecule has 0 aliphatic rings. The number of nitrogens with two attached hydrogens (primary N) is 1. The molecule has 2 aromatic rings. The van der Waals surface area contributed by atoms with Crippen LogP contribution in [0.5, 0.6) is 0 Å². The lowest BCUT2D eigenvalue weighted by Crippen LogP contribution is -2.13. The molecule has 0 saturated carbocycles. The number of anilines is 1. The molecule has 0 aliphatic carbocycles. The van der Waals surface area contributed by atoms with Gasteiger partial charge in [0, 0.05) is 18.7 Å². The zero-order valence-electron chi connectivity index (χ0n) is 10.6. The number of aromatic nitrogens is 3. The number of carbonyl (C=O) groups excluding carboxylic acids is 1. The Morgan fingerprint density at radius 1 is 1.55 bits per heavy atom. The van der Waals surface area contributed by atoms with Gasteiger partial charge < -0.3 is 15.6 Å². The molecule has 0 saturated heterocycles. The van der Waals surface area contributed by atoms with Crippen LogP contribution >= 0.6 is 0 Å². The second-order valence-corrected chi connectivity index (χ2v) is 4.06. The van der Waals surface area contributed by atoms with E-state index in [-0.39, 0.29) is 23.5 Å². The Morgan fingerprint density at radius 3 is 2.85 bits per heavy atom. The third-order valence-electron chi connectivity index (χ3n) is 2.72. The lowest BCUT2D eigenvalue weighted by molar-refractivity contribution is -0.384. The van der Waals surface area contributed by atoms with Crippen LogP contribution in [0.3, 0.4) is 0 Å². The van der Waals surface area contributed by atoms with Gasteiger partial charge in [-0.1, -0.05) is 0 Å². The van der Waals surface area contributed by atoms with Crippen LogP contribution in [0.4, 0.5) is 11.4 Å². The van der Waals surface area contributed by atoms with Crippen LogP contribution in [0.2, 0.25) is 0 Å². The SMILES string of the molecule is Cn1cnnc1CNc1cc(C(N)=O)ccc1[N+](=O)[O-]. The standard InChI is InChI=1S/C11H12N6O3/c1-16-6-14-15-10(16)5-13-8-4-7(11(12)18)2-3-9(8)17(19)20/h2-4,6,13H,5H2,1H3,(H2,12,18). The van der Waals surface area contributed by atoms with Crippen molar-refractivity contribution in [2.75, 3.05) is 5.32 Å². The summed E-state index contributed by atoms with van der Waals surface area (Å²) in [4.78, 5) is 21.5. The lowest BCUT2D eigenvalue weighted by atomic mass is 10.1. The number of aryl methyl sites for hydroxylation is 1. The Balaban J connectivity index is 2.28. The highest BCUT2D eigenvalue weighted by Gasteiger charge is 2.16. The van der Waals surface area contributed by atoms with E-state index < -0.39 is 10.8 Å². The second kappa shape index (κ2) is 5.34. The Bertz CT molecular complexity index is 666. The normalized spacial score (nSPS) is 10.2. The summed E-state index contributed by atoms with van der Waals surface area (Å²) in [6.45, 7) is 0.236. The molecule has 1 aromatic carbocycles. The minimum absolute atomic E-state index is 0.142. The van der Waals surface area contributed by atoms with E-state index in [4.69, 9.17) is 5.73 Å². The number of primary amides is 1. The number of hydrogen-bond donors (Lipinski definition) is 2. The number of nitrogens with zero attached hydrogens (tertiary/aromatic N) is 4. The molecule has 0 bridgehead atoms. The maximum Gasteiger partial charge on any atom is 0.292 e. The van der Waals surface area contributed by atoms with Crippen LogP contribution in [-0.2, 0) is 13.6 Å². The third-order valence-corrected chi connectivity index (χ3v) is 2.72. The molecule has 3 N–H and O–H groups in total. The Morgan fingerprint density at radius 2 is 2.30 bits per heavy atom. The third kappa shape index (κ3) is 2.71. The molecule has 9 heteroatoms. The maximum atomic E-state index is 11.1. The van der Waals surface area contributed by atoms with Gasteiger partial charge in [0.05, 0.1) is 11.5 Å². The van der Waals surface area contributed by atoms with Crippen molar-refractivity contribution < 1.29 is 9.72 Å². The Kier molecular flexibility index (Phi) is 3.60. The molecule has 1 aromatic heterocycles. The molecule has 0 atom stereocenters. The highest BCUT2D eigenvalue weighted by molar-refractivity contribution is 5.94. The van der Waals surface area contributed by atoms with Crippen molar-refractivity contribution in [1.29, 1.82) is 0 Å². The van der Waals surface area contributed by atoms with Gasteiger partial charge in [0.1, 0.15) is 12.0 Å². The van der Waals surface area contributed by atoms with Crippen molar-refractivity contribution in [3.05, 3.63) is 46.0 Å². The molecule has 0 spiro atoms. The van der Waals surface area contributed by atoms with E-state index in [2.05, 4.69) is 15.5 Å². The number of carbonyl (C=O) groups is 1. The minimum atomic E-state index is -0.651. The molecule has 0 unspecified atom stereocenters. The number of hydrogen-bond acceptors (Lipinski definition) is 6. The summed E-state index contributed by atoms with van der Waals surface area (Å²) in [6.07, 6.45) is 1.52. The van der Waals surface area contributed by atoms with Crippen LogP contribution in [0, 0.1) is 10.1 Å². The van der Waals surface area contributed by atoms with Gasteiger partial charge in [0.2, 0.25) is 5.91 Å². The highest BCUT2D eigenvalue weighted by atomic mass is 16.6. The van der Waals surface area contributed by atoms with E-state index in [1.54, 1.807) is 11.6 Å². The first kappa shape index (κ1) is 13.5. The summed E-state index contributed by atoms with van der Waals surface area (Å²) in [5.41, 5.74) is 5.41. The monoisotopic (exact) mass is 276 g/mol. The molecule has 1 heterocycles. The van der Waals surface area contributed by atoms with Crippen molar-refractivity contribution in [3.8, 4) is 0 Å². The number of nitrogens with one attached hydrogen (secondary N) is 1. The van der Waals surface area contributed by atoms with E-state index in [0.29, 0.717) is 5.82 Å². The van der Waals surface area contributed by atoms with E-state index >= 15 is 0 Å². The van der Waals surface area contributed by atoms with E-state index in [1.165, 1.54) is 24.5 Å². The maximum absolute atomic E-state index is 11.1. The number of nitro benzene ring substituents is 1. The molecule has 20 heavy (non-hydrogen) atoms. The first-order valence-electron chi connectivity index (χ1n) is 5.64. The topological polar surface area (TPSA) is 129 Å². The number of rotatable bonds is 5. The lowest BCUT2D eigenvalue weighted by Gasteiger charge is -2.07. The minimum Gasteiger partial charge on any atom is -0.372 e. The Labute approximate surface area is 113 Å². The summed E-state index contributed by atoms with van der Waals surface area (Å²) in [5, 5.41) is 21.4. The molecule has 0 fully saturated rings. The molecule has 2 rings (SSSR count). The first-order valence-corrected chi connectivity index (χ1v) is 5.64. The van der Waals surface area contributed by atoms with Gasteiger partial charge >= 0.3 is 0 Å². The van der Waals surface area contributed by atoms with E-state index in [0.717, 1.165) is 0 Å². The smallest absolute Gasteiger partial charge is 0.292 e. The van der Waals surface area contributed by atoms with E-state index in [1.807, 2.05) is 0 Å². The fraction of sp³-hybridized carbons (Fsp3) is 0.182. The van der Waals surface area contributed by atoms with Gasteiger partial charge in [0.15, 0.2) is 5.82 Å². The van der Waals surface area contributed by atoms with Gasteiger partial charge in [0.25, 0.3) is 5.69 Å². The fourth-order valence-electron chi connectivity index (χ4n) is 1.63. The zero-order valence-corrected chi connectivity index (χ0v) is 10.6. The van der Waals surface area contributed by atoms with Gasteiger partial charge in [-0.05, 0) is 12.1 Å². The summed E-state index contributed by atoms with van der Waals surface area (Å²) >= 11 is 0. The predicted molar refractivity (Wildman–Crippen MR) is 69.9 cm³/mol. The molecule has 1 amide bonds.